The normalized spacial score (nSPS) is 9.81. The Kier molecular flexibility index (Phi) is 3.67. The van der Waals surface area contributed by atoms with Gasteiger partial charge in [-0.1, -0.05) is 15.9 Å². The number of nitrogens with two attached hydrogens (primary N) is 1. The van der Waals surface area contributed by atoms with E-state index in [2.05, 4.69) is 15.9 Å². The molecule has 86 valence electrons. The van der Waals surface area contributed by atoms with E-state index in [9.17, 15) is 14.9 Å². The van der Waals surface area contributed by atoms with Crippen molar-refractivity contribution in [2.75, 3.05) is 12.3 Å². The Morgan fingerprint density at radius 2 is 2.25 bits per heavy atom. The number of ether oxygens (including phenoxy) is 1. The third-order valence-electron chi connectivity index (χ3n) is 1.63. The molecular formula is C8H7BrN2O5. The molecule has 0 saturated carbocycles. The van der Waals surface area contributed by atoms with E-state index in [1.54, 1.807) is 0 Å². The summed E-state index contributed by atoms with van der Waals surface area (Å²) in [5.41, 5.74) is 4.92. The lowest BCUT2D eigenvalue weighted by Gasteiger charge is -2.07. The molecule has 7 nitrogen and oxygen atoms in total. The Morgan fingerprint density at radius 1 is 1.62 bits per heavy atom. The molecule has 0 radical (unpaired) electrons. The Balaban J connectivity index is 3.09. The summed E-state index contributed by atoms with van der Waals surface area (Å²) in [6.45, 7) is -0.613. The zero-order chi connectivity index (χ0) is 12.3. The van der Waals surface area contributed by atoms with Gasteiger partial charge in [0, 0.05) is 10.5 Å². The molecule has 0 amide bonds. The molecule has 0 heterocycles. The number of anilines is 1. The fraction of sp³-hybridized carbons (Fsp3) is 0.125. The average molecular weight is 291 g/mol. The Morgan fingerprint density at radius 3 is 2.75 bits per heavy atom. The van der Waals surface area contributed by atoms with Crippen LogP contribution >= 0.6 is 15.9 Å². The Labute approximate surface area is 98.1 Å². The third-order valence-corrected chi connectivity index (χ3v) is 2.09. The molecule has 0 aliphatic carbocycles. The van der Waals surface area contributed by atoms with Crippen LogP contribution in [0.2, 0.25) is 0 Å². The SMILES string of the molecule is Nc1c(OCC(=O)O)cc(Br)cc1[N+](=O)[O-]. The molecule has 0 atom stereocenters. The van der Waals surface area contributed by atoms with E-state index in [0.29, 0.717) is 4.47 Å². The van der Waals surface area contributed by atoms with E-state index in [-0.39, 0.29) is 17.1 Å². The number of aliphatic carboxylic acids is 1. The second-order valence-electron chi connectivity index (χ2n) is 2.78. The highest BCUT2D eigenvalue weighted by atomic mass is 79.9. The first-order chi connectivity index (χ1) is 7.41. The fourth-order valence-corrected chi connectivity index (χ4v) is 1.41. The summed E-state index contributed by atoms with van der Waals surface area (Å²) < 4.78 is 5.19. The number of nitrogens with zero attached hydrogens (tertiary/aromatic N) is 1. The van der Waals surface area contributed by atoms with E-state index in [4.69, 9.17) is 15.6 Å². The van der Waals surface area contributed by atoms with Crippen molar-refractivity contribution < 1.29 is 19.6 Å². The van der Waals surface area contributed by atoms with E-state index < -0.39 is 17.5 Å². The largest absolute Gasteiger partial charge is 0.479 e. The minimum atomic E-state index is -1.19. The Hall–Kier alpha value is -1.83. The number of carboxylic acid groups (broad SMARTS) is 1. The van der Waals surface area contributed by atoms with Crippen LogP contribution in [0, 0.1) is 10.1 Å². The topological polar surface area (TPSA) is 116 Å². The van der Waals surface area contributed by atoms with Crippen LogP contribution in [0.25, 0.3) is 0 Å². The molecule has 1 aromatic carbocycles. The van der Waals surface area contributed by atoms with Gasteiger partial charge in [0.15, 0.2) is 18.0 Å². The number of carbonyl (C=O) groups is 1. The summed E-state index contributed by atoms with van der Waals surface area (Å²) in [5.74, 6) is -1.23. The predicted molar refractivity (Wildman–Crippen MR) is 58.3 cm³/mol. The van der Waals surface area contributed by atoms with Gasteiger partial charge in [-0.15, -0.1) is 0 Å². The second kappa shape index (κ2) is 4.79. The molecule has 0 bridgehead atoms. The minimum Gasteiger partial charge on any atom is -0.479 e. The maximum Gasteiger partial charge on any atom is 0.341 e. The first-order valence-electron chi connectivity index (χ1n) is 4.00. The van der Waals surface area contributed by atoms with Crippen LogP contribution in [0.1, 0.15) is 0 Å². The van der Waals surface area contributed by atoms with Gasteiger partial charge < -0.3 is 15.6 Å². The van der Waals surface area contributed by atoms with Crippen molar-refractivity contribution in [2.45, 2.75) is 0 Å². The van der Waals surface area contributed by atoms with Crippen molar-refractivity contribution in [3.63, 3.8) is 0 Å². The number of carboxylic acids is 1. The van der Waals surface area contributed by atoms with Crippen LogP contribution in [0.15, 0.2) is 16.6 Å². The van der Waals surface area contributed by atoms with Crippen LogP contribution in [-0.2, 0) is 4.79 Å². The summed E-state index contributed by atoms with van der Waals surface area (Å²) in [5, 5.41) is 19.0. The molecule has 3 N–H and O–H groups in total. The molecule has 0 saturated heterocycles. The molecule has 16 heavy (non-hydrogen) atoms. The molecule has 1 aromatic rings. The van der Waals surface area contributed by atoms with Crippen molar-refractivity contribution in [3.05, 3.63) is 26.7 Å². The number of hydrogen-bond donors (Lipinski definition) is 2. The van der Waals surface area contributed by atoms with Crippen LogP contribution in [0.3, 0.4) is 0 Å². The summed E-state index contributed by atoms with van der Waals surface area (Å²) in [6.07, 6.45) is 0. The number of halogens is 1. The molecule has 0 fully saturated rings. The van der Waals surface area contributed by atoms with Crippen LogP contribution in [-0.4, -0.2) is 22.6 Å². The number of nitro benzene ring substituents is 1. The summed E-state index contributed by atoms with van der Waals surface area (Å²) >= 11 is 3.04. The third kappa shape index (κ3) is 2.83. The molecule has 0 spiro atoms. The second-order valence-corrected chi connectivity index (χ2v) is 3.69. The van der Waals surface area contributed by atoms with E-state index in [0.717, 1.165) is 0 Å². The number of nitrogen functional groups attached to an aromatic ring is 1. The highest BCUT2D eigenvalue weighted by Crippen LogP contribution is 2.35. The molecule has 0 aliphatic heterocycles. The molecular weight excluding hydrogens is 284 g/mol. The first kappa shape index (κ1) is 12.2. The molecule has 0 aliphatic rings. The smallest absolute Gasteiger partial charge is 0.341 e. The van der Waals surface area contributed by atoms with Crippen molar-refractivity contribution in [1.29, 1.82) is 0 Å². The van der Waals surface area contributed by atoms with Crippen molar-refractivity contribution in [2.24, 2.45) is 0 Å². The van der Waals surface area contributed by atoms with Gasteiger partial charge in [-0.2, -0.15) is 0 Å². The van der Waals surface area contributed by atoms with Gasteiger partial charge in [-0.25, -0.2) is 4.79 Å². The fourth-order valence-electron chi connectivity index (χ4n) is 0.989. The van der Waals surface area contributed by atoms with Crippen molar-refractivity contribution in [3.8, 4) is 5.75 Å². The van der Waals surface area contributed by atoms with Gasteiger partial charge in [0.2, 0.25) is 0 Å². The zero-order valence-electron chi connectivity index (χ0n) is 7.84. The summed E-state index contributed by atoms with van der Waals surface area (Å²) in [6, 6.07) is 2.58. The van der Waals surface area contributed by atoms with Gasteiger partial charge in [0.05, 0.1) is 4.92 Å². The molecule has 0 aromatic heterocycles. The number of hydrogen-bond acceptors (Lipinski definition) is 5. The van der Waals surface area contributed by atoms with Gasteiger partial charge in [-0.05, 0) is 6.07 Å². The lowest BCUT2D eigenvalue weighted by molar-refractivity contribution is -0.384. The summed E-state index contributed by atoms with van der Waals surface area (Å²) in [4.78, 5) is 20.2. The quantitative estimate of drug-likeness (QED) is 0.492. The monoisotopic (exact) mass is 290 g/mol. The number of benzene rings is 1. The van der Waals surface area contributed by atoms with Gasteiger partial charge in [-0.3, -0.25) is 10.1 Å². The van der Waals surface area contributed by atoms with Gasteiger partial charge >= 0.3 is 5.97 Å². The lowest BCUT2D eigenvalue weighted by atomic mass is 10.2. The molecule has 8 heteroatoms. The highest BCUT2D eigenvalue weighted by molar-refractivity contribution is 9.10. The zero-order valence-corrected chi connectivity index (χ0v) is 9.43. The maximum absolute atomic E-state index is 10.6. The van der Waals surface area contributed by atoms with Crippen LogP contribution < -0.4 is 10.5 Å². The van der Waals surface area contributed by atoms with Crippen molar-refractivity contribution >= 4 is 33.3 Å². The van der Waals surface area contributed by atoms with Crippen LogP contribution in [0.5, 0.6) is 5.75 Å². The maximum atomic E-state index is 10.6. The predicted octanol–water partition coefficient (Wildman–Crippen LogP) is 1.40. The lowest BCUT2D eigenvalue weighted by Crippen LogP contribution is -2.11. The van der Waals surface area contributed by atoms with Crippen LogP contribution in [0.4, 0.5) is 11.4 Å². The van der Waals surface area contributed by atoms with E-state index >= 15 is 0 Å². The van der Waals surface area contributed by atoms with Crippen molar-refractivity contribution in [1.82, 2.24) is 0 Å². The number of rotatable bonds is 4. The molecule has 0 unspecified atom stereocenters. The van der Waals surface area contributed by atoms with E-state index in [1.165, 1.54) is 12.1 Å². The first-order valence-corrected chi connectivity index (χ1v) is 4.79. The Bertz CT molecular complexity index is 448. The van der Waals surface area contributed by atoms with Gasteiger partial charge in [0.25, 0.3) is 5.69 Å². The minimum absolute atomic E-state index is 0.0384. The van der Waals surface area contributed by atoms with Gasteiger partial charge in [0.1, 0.15) is 0 Å². The standard InChI is InChI=1S/C8H7BrN2O5/c9-4-1-5(11(14)15)8(10)6(2-4)16-3-7(12)13/h1-2H,3,10H2,(H,12,13). The molecule has 1 rings (SSSR count). The van der Waals surface area contributed by atoms with E-state index in [1.807, 2.05) is 0 Å². The highest BCUT2D eigenvalue weighted by Gasteiger charge is 2.18. The summed E-state index contributed by atoms with van der Waals surface area (Å²) in [7, 11) is 0. The average Bonchev–Trinajstić information content (AvgIpc) is 2.18. The number of nitro groups is 1.